The minimum atomic E-state index is -0.463. The van der Waals surface area contributed by atoms with E-state index in [2.05, 4.69) is 10.3 Å². The highest BCUT2D eigenvalue weighted by atomic mass is 32.1. The molecule has 3 aromatic rings. The van der Waals surface area contributed by atoms with Crippen LogP contribution in [0.3, 0.4) is 0 Å². The van der Waals surface area contributed by atoms with Crippen molar-refractivity contribution in [3.63, 3.8) is 0 Å². The van der Waals surface area contributed by atoms with Crippen LogP contribution in [0.15, 0.2) is 28.7 Å². The van der Waals surface area contributed by atoms with Gasteiger partial charge < -0.3 is 4.42 Å². The Hall–Kier alpha value is -2.74. The van der Waals surface area contributed by atoms with Gasteiger partial charge in [-0.25, -0.2) is 4.98 Å². The molecule has 2 heterocycles. The molecule has 0 atom stereocenters. The maximum absolute atomic E-state index is 12.2. The normalized spacial score (nSPS) is 10.8. The largest absolute Gasteiger partial charge is 0.466 e. The molecule has 0 bridgehead atoms. The Kier molecular flexibility index (Phi) is 3.38. The summed E-state index contributed by atoms with van der Waals surface area (Å²) in [7, 11) is 0. The molecule has 0 saturated carbocycles. The predicted molar refractivity (Wildman–Crippen MR) is 82.4 cm³/mol. The van der Waals surface area contributed by atoms with Gasteiger partial charge in [0.15, 0.2) is 5.13 Å². The number of rotatable bonds is 3. The first kappa shape index (κ1) is 14.2. The number of benzene rings is 1. The second-order valence-corrected chi connectivity index (χ2v) is 5.74. The van der Waals surface area contributed by atoms with Crippen molar-refractivity contribution in [1.82, 2.24) is 4.98 Å². The van der Waals surface area contributed by atoms with Crippen LogP contribution in [0.1, 0.15) is 21.9 Å². The van der Waals surface area contributed by atoms with Crippen LogP contribution in [0.2, 0.25) is 0 Å². The maximum atomic E-state index is 12.2. The van der Waals surface area contributed by atoms with E-state index in [1.165, 1.54) is 23.5 Å². The molecular formula is C14H11N3O4S. The van der Waals surface area contributed by atoms with Gasteiger partial charge in [-0.1, -0.05) is 11.3 Å². The van der Waals surface area contributed by atoms with Gasteiger partial charge in [-0.05, 0) is 26.0 Å². The minimum absolute atomic E-state index is 0.00432. The Bertz CT molecular complexity index is 897. The number of aryl methyl sites for hydroxylation is 2. The maximum Gasteiger partial charge on any atom is 0.270 e. The minimum Gasteiger partial charge on any atom is -0.466 e. The van der Waals surface area contributed by atoms with Crippen LogP contribution >= 0.6 is 11.3 Å². The number of aromatic nitrogens is 1. The number of carbonyl (C=O) groups excluding carboxylic acids is 1. The number of furan rings is 1. The van der Waals surface area contributed by atoms with Crippen molar-refractivity contribution in [2.45, 2.75) is 13.8 Å². The summed E-state index contributed by atoms with van der Waals surface area (Å²) in [5, 5.41) is 13.8. The van der Waals surface area contributed by atoms with Crippen molar-refractivity contribution in [1.29, 1.82) is 0 Å². The number of hydrogen-bond acceptors (Lipinski definition) is 6. The Morgan fingerprint density at radius 2 is 2.14 bits per heavy atom. The topological polar surface area (TPSA) is 98.3 Å². The van der Waals surface area contributed by atoms with E-state index >= 15 is 0 Å². The van der Waals surface area contributed by atoms with E-state index in [4.69, 9.17) is 4.42 Å². The molecule has 0 fully saturated rings. The fourth-order valence-corrected chi connectivity index (χ4v) is 2.99. The quantitative estimate of drug-likeness (QED) is 0.587. The lowest BCUT2D eigenvalue weighted by atomic mass is 10.2. The van der Waals surface area contributed by atoms with E-state index in [-0.39, 0.29) is 11.6 Å². The van der Waals surface area contributed by atoms with E-state index in [1.54, 1.807) is 26.0 Å². The summed E-state index contributed by atoms with van der Waals surface area (Å²) >= 11 is 1.19. The Morgan fingerprint density at radius 1 is 1.36 bits per heavy atom. The molecule has 0 aliphatic rings. The highest BCUT2D eigenvalue weighted by Gasteiger charge is 2.16. The molecule has 8 heteroatoms. The first-order valence-corrected chi connectivity index (χ1v) is 7.19. The summed E-state index contributed by atoms with van der Waals surface area (Å²) in [4.78, 5) is 26.7. The number of nitro groups is 1. The van der Waals surface area contributed by atoms with Crippen LogP contribution in [0, 0.1) is 24.0 Å². The van der Waals surface area contributed by atoms with E-state index in [0.29, 0.717) is 32.4 Å². The van der Waals surface area contributed by atoms with Gasteiger partial charge in [-0.15, -0.1) is 0 Å². The fourth-order valence-electron chi connectivity index (χ4n) is 2.10. The number of nitrogens with zero attached hydrogens (tertiary/aromatic N) is 2. The van der Waals surface area contributed by atoms with Gasteiger partial charge in [0.05, 0.1) is 20.7 Å². The van der Waals surface area contributed by atoms with Crippen molar-refractivity contribution >= 4 is 38.3 Å². The summed E-state index contributed by atoms with van der Waals surface area (Å²) in [6, 6.07) is 6.04. The van der Waals surface area contributed by atoms with Crippen molar-refractivity contribution in [3.05, 3.63) is 51.5 Å². The Morgan fingerprint density at radius 3 is 2.77 bits per heavy atom. The molecule has 22 heavy (non-hydrogen) atoms. The molecular weight excluding hydrogens is 306 g/mol. The number of fused-ring (bicyclic) bond motifs is 1. The summed E-state index contributed by atoms with van der Waals surface area (Å²) in [5.41, 5.74) is 1.05. The molecule has 112 valence electrons. The lowest BCUT2D eigenvalue weighted by Gasteiger charge is -1.98. The number of non-ortho nitro benzene ring substituents is 1. The first-order chi connectivity index (χ1) is 10.4. The van der Waals surface area contributed by atoms with E-state index in [9.17, 15) is 14.9 Å². The number of amides is 1. The molecule has 0 radical (unpaired) electrons. The number of nitro benzene ring substituents is 1. The van der Waals surface area contributed by atoms with Gasteiger partial charge >= 0.3 is 0 Å². The predicted octanol–water partition coefficient (Wildman–Crippen LogP) is 3.67. The number of carbonyl (C=O) groups is 1. The highest BCUT2D eigenvalue weighted by molar-refractivity contribution is 7.22. The smallest absolute Gasteiger partial charge is 0.270 e. The van der Waals surface area contributed by atoms with Gasteiger partial charge in [-0.3, -0.25) is 20.2 Å². The summed E-state index contributed by atoms with van der Waals surface area (Å²) in [6.07, 6.45) is 0. The average Bonchev–Trinajstić information content (AvgIpc) is 2.99. The third-order valence-corrected chi connectivity index (χ3v) is 4.02. The molecule has 3 rings (SSSR count). The van der Waals surface area contributed by atoms with Gasteiger partial charge in [0, 0.05) is 12.1 Å². The first-order valence-electron chi connectivity index (χ1n) is 6.37. The van der Waals surface area contributed by atoms with Crippen molar-refractivity contribution in [2.75, 3.05) is 5.32 Å². The molecule has 0 spiro atoms. The zero-order valence-electron chi connectivity index (χ0n) is 11.7. The lowest BCUT2D eigenvalue weighted by Crippen LogP contribution is -2.11. The monoisotopic (exact) mass is 317 g/mol. The average molecular weight is 317 g/mol. The van der Waals surface area contributed by atoms with Crippen LogP contribution < -0.4 is 5.32 Å². The van der Waals surface area contributed by atoms with Crippen LogP contribution in [-0.4, -0.2) is 15.8 Å². The van der Waals surface area contributed by atoms with Crippen molar-refractivity contribution in [2.24, 2.45) is 0 Å². The van der Waals surface area contributed by atoms with E-state index in [0.717, 1.165) is 0 Å². The lowest BCUT2D eigenvalue weighted by molar-refractivity contribution is -0.384. The van der Waals surface area contributed by atoms with E-state index in [1.807, 2.05) is 0 Å². The summed E-state index contributed by atoms with van der Waals surface area (Å²) in [5.74, 6) is 0.872. The fraction of sp³-hybridized carbons (Fsp3) is 0.143. The third-order valence-electron chi connectivity index (χ3n) is 3.09. The van der Waals surface area contributed by atoms with Crippen molar-refractivity contribution < 1.29 is 14.1 Å². The van der Waals surface area contributed by atoms with E-state index < -0.39 is 4.92 Å². The molecule has 1 N–H and O–H groups in total. The van der Waals surface area contributed by atoms with Crippen LogP contribution in [0.25, 0.3) is 10.2 Å². The number of hydrogen-bond donors (Lipinski definition) is 1. The summed E-state index contributed by atoms with van der Waals surface area (Å²) < 4.78 is 5.96. The Labute approximate surface area is 128 Å². The molecule has 1 amide bonds. The molecule has 0 unspecified atom stereocenters. The van der Waals surface area contributed by atoms with Gasteiger partial charge in [-0.2, -0.15) is 0 Å². The number of anilines is 1. The van der Waals surface area contributed by atoms with Gasteiger partial charge in [0.2, 0.25) is 0 Å². The molecule has 0 aliphatic carbocycles. The van der Waals surface area contributed by atoms with Crippen LogP contribution in [-0.2, 0) is 0 Å². The second-order valence-electron chi connectivity index (χ2n) is 4.71. The van der Waals surface area contributed by atoms with Gasteiger partial charge in [0.1, 0.15) is 11.5 Å². The number of nitrogens with one attached hydrogen (secondary N) is 1. The van der Waals surface area contributed by atoms with Crippen LogP contribution in [0.4, 0.5) is 10.8 Å². The Balaban J connectivity index is 1.89. The van der Waals surface area contributed by atoms with Crippen molar-refractivity contribution in [3.8, 4) is 0 Å². The molecule has 2 aromatic heterocycles. The van der Waals surface area contributed by atoms with Crippen LogP contribution in [0.5, 0.6) is 0 Å². The number of thiazole rings is 1. The highest BCUT2D eigenvalue weighted by Crippen LogP contribution is 2.29. The SMILES string of the molecule is Cc1cc(C(=O)Nc2nc3ccc([N+](=O)[O-])cc3s2)c(C)o1. The standard InChI is InChI=1S/C14H11N3O4S/c1-7-5-10(8(2)21-7)13(18)16-14-15-11-4-3-9(17(19)20)6-12(11)22-14/h3-6H,1-2H3,(H,15,16,18). The second kappa shape index (κ2) is 5.23. The van der Waals surface area contributed by atoms with Gasteiger partial charge in [0.25, 0.3) is 11.6 Å². The molecule has 0 saturated heterocycles. The zero-order chi connectivity index (χ0) is 15.9. The molecule has 0 aliphatic heterocycles. The zero-order valence-corrected chi connectivity index (χ0v) is 12.6. The molecule has 1 aromatic carbocycles. The third kappa shape index (κ3) is 2.56. The summed E-state index contributed by atoms with van der Waals surface area (Å²) in [6.45, 7) is 3.48. The molecule has 7 nitrogen and oxygen atoms in total.